The van der Waals surface area contributed by atoms with E-state index in [-0.39, 0.29) is 11.7 Å². The smallest absolute Gasteiger partial charge is 0.408 e. The number of alkyl carbamates (subject to hydrolysis) is 1. The minimum absolute atomic E-state index is 0.0568. The van der Waals surface area contributed by atoms with Gasteiger partial charge in [0.05, 0.1) is 0 Å². The molecule has 0 bridgehead atoms. The van der Waals surface area contributed by atoms with Crippen molar-refractivity contribution in [2.75, 3.05) is 0 Å². The molecule has 3 amide bonds. The topological polar surface area (TPSA) is 108 Å². The molecule has 2 atom stereocenters. The van der Waals surface area contributed by atoms with Crippen molar-refractivity contribution < 1.29 is 24.2 Å². The monoisotopic (exact) mass is 463 g/mol. The van der Waals surface area contributed by atoms with Gasteiger partial charge in [0.15, 0.2) is 0 Å². The molecule has 186 valence electrons. The number of benzene rings is 1. The average Bonchev–Trinajstić information content (AvgIpc) is 2.63. The summed E-state index contributed by atoms with van der Waals surface area (Å²) in [7, 11) is 0. The highest BCUT2D eigenvalue weighted by atomic mass is 16.6. The second kappa shape index (κ2) is 10.4. The van der Waals surface area contributed by atoms with Gasteiger partial charge >= 0.3 is 6.09 Å². The van der Waals surface area contributed by atoms with Crippen molar-refractivity contribution in [2.24, 2.45) is 0 Å². The number of nitrogens with one attached hydrogen (secondary N) is 2. The van der Waals surface area contributed by atoms with Crippen molar-refractivity contribution >= 4 is 17.9 Å². The molecular formula is C25H41N3O5. The Kier molecular flexibility index (Phi) is 8.94. The number of aromatic hydroxyl groups is 1. The highest BCUT2D eigenvalue weighted by molar-refractivity contribution is 5.92. The summed E-state index contributed by atoms with van der Waals surface area (Å²) >= 11 is 0. The van der Waals surface area contributed by atoms with Crippen LogP contribution in [0.3, 0.4) is 0 Å². The summed E-state index contributed by atoms with van der Waals surface area (Å²) in [5, 5.41) is 15.3. The summed E-state index contributed by atoms with van der Waals surface area (Å²) < 4.78 is 5.29. The van der Waals surface area contributed by atoms with E-state index < -0.39 is 40.8 Å². The Morgan fingerprint density at radius 3 is 1.94 bits per heavy atom. The van der Waals surface area contributed by atoms with Crippen LogP contribution in [0, 0.1) is 0 Å². The van der Waals surface area contributed by atoms with Gasteiger partial charge in [-0.15, -0.1) is 0 Å². The summed E-state index contributed by atoms with van der Waals surface area (Å²) in [6.45, 7) is 18.1. The lowest BCUT2D eigenvalue weighted by molar-refractivity contribution is -0.149. The molecule has 0 heterocycles. The molecule has 0 aliphatic rings. The van der Waals surface area contributed by atoms with E-state index in [2.05, 4.69) is 10.6 Å². The number of phenols is 1. The fourth-order valence-corrected chi connectivity index (χ4v) is 3.21. The number of carbonyl (C=O) groups excluding carboxylic acids is 3. The van der Waals surface area contributed by atoms with Crippen LogP contribution >= 0.6 is 0 Å². The van der Waals surface area contributed by atoms with E-state index in [0.29, 0.717) is 12.0 Å². The third-order valence-corrected chi connectivity index (χ3v) is 5.07. The molecule has 0 fully saturated rings. The van der Waals surface area contributed by atoms with Crippen LogP contribution in [-0.2, 0) is 14.3 Å². The number of hydrogen-bond acceptors (Lipinski definition) is 5. The number of amides is 3. The van der Waals surface area contributed by atoms with Crippen LogP contribution in [0.5, 0.6) is 5.75 Å². The standard InChI is InChI=1S/C25H41N3O5/c1-11-25(9,10)28(21(31)16(2)26-22(32)33-24(6,7)8)19(20(30)27-23(3,4)5)17-12-14-18(29)15-13-17/h12-16,19,29H,11H2,1-10H3,(H,26,32)(H,27,30). The van der Waals surface area contributed by atoms with Crippen LogP contribution in [0.2, 0.25) is 0 Å². The third kappa shape index (κ3) is 8.59. The van der Waals surface area contributed by atoms with Crippen molar-refractivity contribution in [3.63, 3.8) is 0 Å². The Hall–Kier alpha value is -2.77. The van der Waals surface area contributed by atoms with Crippen LogP contribution in [-0.4, -0.2) is 50.6 Å². The van der Waals surface area contributed by atoms with Crippen LogP contribution in [0.15, 0.2) is 24.3 Å². The first-order valence-corrected chi connectivity index (χ1v) is 11.3. The predicted octanol–water partition coefficient (Wildman–Crippen LogP) is 4.28. The summed E-state index contributed by atoms with van der Waals surface area (Å²) in [5.74, 6) is -0.719. The third-order valence-electron chi connectivity index (χ3n) is 5.07. The van der Waals surface area contributed by atoms with Gasteiger partial charge in [0, 0.05) is 11.1 Å². The Balaban J connectivity index is 3.48. The normalized spacial score (nSPS) is 14.1. The molecule has 1 aromatic carbocycles. The second-order valence-corrected chi connectivity index (χ2v) is 11.0. The van der Waals surface area contributed by atoms with Crippen LogP contribution in [0.1, 0.15) is 87.3 Å². The van der Waals surface area contributed by atoms with Gasteiger partial charge in [0.2, 0.25) is 11.8 Å². The molecular weight excluding hydrogens is 422 g/mol. The van der Waals surface area contributed by atoms with Crippen molar-refractivity contribution in [1.29, 1.82) is 0 Å². The molecule has 0 saturated carbocycles. The molecule has 0 radical (unpaired) electrons. The lowest BCUT2D eigenvalue weighted by Gasteiger charge is -2.44. The minimum Gasteiger partial charge on any atom is -0.508 e. The molecule has 0 aliphatic heterocycles. The lowest BCUT2D eigenvalue weighted by atomic mass is 9.91. The van der Waals surface area contributed by atoms with Crippen molar-refractivity contribution in [2.45, 2.75) is 104 Å². The Morgan fingerprint density at radius 2 is 1.52 bits per heavy atom. The zero-order valence-electron chi connectivity index (χ0n) is 21.7. The number of carbonyl (C=O) groups is 3. The fourth-order valence-electron chi connectivity index (χ4n) is 3.21. The number of hydrogen-bond donors (Lipinski definition) is 3. The maximum absolute atomic E-state index is 13.7. The van der Waals surface area contributed by atoms with E-state index >= 15 is 0 Å². The zero-order chi connectivity index (χ0) is 25.8. The van der Waals surface area contributed by atoms with E-state index in [0.717, 1.165) is 0 Å². The molecule has 8 heteroatoms. The van der Waals surface area contributed by atoms with E-state index in [1.54, 1.807) is 39.8 Å². The van der Waals surface area contributed by atoms with Crippen molar-refractivity contribution in [3.8, 4) is 5.75 Å². The molecule has 3 N–H and O–H groups in total. The van der Waals surface area contributed by atoms with Crippen LogP contribution in [0.25, 0.3) is 0 Å². The highest BCUT2D eigenvalue weighted by Crippen LogP contribution is 2.33. The molecule has 0 aliphatic carbocycles. The Bertz CT molecular complexity index is 835. The minimum atomic E-state index is -0.977. The van der Waals surface area contributed by atoms with Gasteiger partial charge in [-0.1, -0.05) is 19.1 Å². The predicted molar refractivity (Wildman–Crippen MR) is 129 cm³/mol. The molecule has 0 spiro atoms. The molecule has 2 unspecified atom stereocenters. The largest absolute Gasteiger partial charge is 0.508 e. The quantitative estimate of drug-likeness (QED) is 0.559. The Labute approximate surface area is 198 Å². The maximum atomic E-state index is 13.7. The zero-order valence-corrected chi connectivity index (χ0v) is 21.7. The maximum Gasteiger partial charge on any atom is 0.408 e. The number of ether oxygens (including phenoxy) is 1. The SMILES string of the molecule is CCC(C)(C)N(C(=O)C(C)NC(=O)OC(C)(C)C)C(C(=O)NC(C)(C)C)c1ccc(O)cc1. The summed E-state index contributed by atoms with van der Waals surface area (Å²) in [4.78, 5) is 41.1. The molecule has 0 saturated heterocycles. The number of phenolic OH excluding ortho intramolecular Hbond substituents is 1. The van der Waals surface area contributed by atoms with Gasteiger partial charge < -0.3 is 25.4 Å². The van der Waals surface area contributed by atoms with E-state index in [4.69, 9.17) is 4.74 Å². The van der Waals surface area contributed by atoms with E-state index in [9.17, 15) is 19.5 Å². The van der Waals surface area contributed by atoms with Gasteiger partial charge in [-0.2, -0.15) is 0 Å². The van der Waals surface area contributed by atoms with Gasteiger partial charge in [0.1, 0.15) is 23.4 Å². The average molecular weight is 464 g/mol. The molecule has 0 aromatic heterocycles. The first-order chi connectivity index (χ1) is 14.9. The van der Waals surface area contributed by atoms with E-state index in [1.807, 2.05) is 41.5 Å². The van der Waals surface area contributed by atoms with Crippen LogP contribution in [0.4, 0.5) is 4.79 Å². The van der Waals surface area contributed by atoms with Gasteiger partial charge in [-0.25, -0.2) is 4.79 Å². The number of rotatable bonds is 7. The van der Waals surface area contributed by atoms with Crippen LogP contribution < -0.4 is 10.6 Å². The molecule has 8 nitrogen and oxygen atoms in total. The first-order valence-electron chi connectivity index (χ1n) is 11.3. The molecule has 1 rings (SSSR count). The van der Waals surface area contributed by atoms with Crippen molar-refractivity contribution in [1.82, 2.24) is 15.5 Å². The molecule has 1 aromatic rings. The lowest BCUT2D eigenvalue weighted by Crippen LogP contribution is -2.59. The van der Waals surface area contributed by atoms with Gasteiger partial charge in [-0.05, 0) is 86.4 Å². The fraction of sp³-hybridized carbons (Fsp3) is 0.640. The first kappa shape index (κ1) is 28.3. The second-order valence-electron chi connectivity index (χ2n) is 11.0. The highest BCUT2D eigenvalue weighted by Gasteiger charge is 2.42. The Morgan fingerprint density at radius 1 is 1.00 bits per heavy atom. The summed E-state index contributed by atoms with van der Waals surface area (Å²) in [5.41, 5.74) is -1.42. The molecule has 33 heavy (non-hydrogen) atoms. The van der Waals surface area contributed by atoms with Gasteiger partial charge in [-0.3, -0.25) is 9.59 Å². The van der Waals surface area contributed by atoms with Gasteiger partial charge in [0.25, 0.3) is 0 Å². The summed E-state index contributed by atoms with van der Waals surface area (Å²) in [6.07, 6.45) is -0.145. The summed E-state index contributed by atoms with van der Waals surface area (Å²) in [6, 6.07) is 4.30. The van der Waals surface area contributed by atoms with E-state index in [1.165, 1.54) is 17.0 Å². The van der Waals surface area contributed by atoms with Crippen molar-refractivity contribution in [3.05, 3.63) is 29.8 Å². The number of nitrogens with zero attached hydrogens (tertiary/aromatic N) is 1.